The number of hydrogen-bond donors (Lipinski definition) is 1. The third-order valence-electron chi connectivity index (χ3n) is 2.63. The van der Waals surface area contributed by atoms with Crippen LogP contribution in [0.5, 0.6) is 5.75 Å². The first kappa shape index (κ1) is 11.9. The maximum atomic E-state index is 11.1. The van der Waals surface area contributed by atoms with Crippen LogP contribution in [0.4, 0.5) is 5.69 Å². The van der Waals surface area contributed by atoms with Gasteiger partial charge < -0.3 is 14.3 Å². The van der Waals surface area contributed by atoms with Gasteiger partial charge in [-0.1, -0.05) is 0 Å². The lowest BCUT2D eigenvalue weighted by molar-refractivity contribution is -0.384. The number of nitrogens with zero attached hydrogens (tertiary/aromatic N) is 1. The van der Waals surface area contributed by atoms with Crippen molar-refractivity contribution in [3.63, 3.8) is 0 Å². The number of nitro benzene ring substituents is 1. The predicted octanol–water partition coefficient (Wildman–Crippen LogP) is 2.36. The van der Waals surface area contributed by atoms with Crippen molar-refractivity contribution in [2.45, 2.75) is 6.92 Å². The van der Waals surface area contributed by atoms with E-state index >= 15 is 0 Å². The standard InChI is InChI=1S/C11H9NO6/c1-5-8-6(18-10(5)11(13)14)3-4-7(17-2)9(8)12(15)16/h3-4H,1-2H3,(H,13,14). The molecule has 0 unspecified atom stereocenters. The van der Waals surface area contributed by atoms with Gasteiger partial charge in [-0.15, -0.1) is 0 Å². The minimum Gasteiger partial charge on any atom is -0.490 e. The molecule has 1 N–H and O–H groups in total. The number of ether oxygens (including phenoxy) is 1. The second kappa shape index (κ2) is 4.02. The van der Waals surface area contributed by atoms with E-state index in [-0.39, 0.29) is 33.7 Å². The number of furan rings is 1. The maximum absolute atomic E-state index is 11.1. The van der Waals surface area contributed by atoms with Gasteiger partial charge in [0, 0.05) is 5.56 Å². The lowest BCUT2D eigenvalue weighted by Crippen LogP contribution is -1.97. The Kier molecular flexibility index (Phi) is 2.66. The third-order valence-corrected chi connectivity index (χ3v) is 2.63. The Morgan fingerprint density at radius 3 is 2.67 bits per heavy atom. The molecule has 7 heteroatoms. The number of carboxylic acid groups (broad SMARTS) is 1. The summed E-state index contributed by atoms with van der Waals surface area (Å²) >= 11 is 0. The van der Waals surface area contributed by atoms with Gasteiger partial charge in [0.15, 0.2) is 5.75 Å². The van der Waals surface area contributed by atoms with Gasteiger partial charge in [0.2, 0.25) is 5.76 Å². The van der Waals surface area contributed by atoms with Crippen molar-refractivity contribution in [3.8, 4) is 5.75 Å². The number of methoxy groups -OCH3 is 1. The number of hydrogen-bond acceptors (Lipinski definition) is 5. The molecule has 0 saturated heterocycles. The second-order valence-corrected chi connectivity index (χ2v) is 3.61. The summed E-state index contributed by atoms with van der Waals surface area (Å²) in [5.74, 6) is -1.51. The van der Waals surface area contributed by atoms with Gasteiger partial charge in [0.25, 0.3) is 0 Å². The first-order valence-electron chi connectivity index (χ1n) is 4.95. The zero-order valence-electron chi connectivity index (χ0n) is 9.59. The number of aryl methyl sites for hydroxylation is 1. The fourth-order valence-corrected chi connectivity index (χ4v) is 1.85. The smallest absolute Gasteiger partial charge is 0.372 e. The van der Waals surface area contributed by atoms with Gasteiger partial charge in [-0.05, 0) is 19.1 Å². The van der Waals surface area contributed by atoms with Gasteiger partial charge in [0.05, 0.1) is 12.0 Å². The van der Waals surface area contributed by atoms with Crippen molar-refractivity contribution in [3.05, 3.63) is 33.6 Å². The zero-order valence-corrected chi connectivity index (χ0v) is 9.59. The molecule has 0 amide bonds. The molecule has 7 nitrogen and oxygen atoms in total. The zero-order chi connectivity index (χ0) is 13.4. The summed E-state index contributed by atoms with van der Waals surface area (Å²) in [5, 5.41) is 20.1. The first-order chi connectivity index (χ1) is 8.47. The van der Waals surface area contributed by atoms with Gasteiger partial charge >= 0.3 is 11.7 Å². The fourth-order valence-electron chi connectivity index (χ4n) is 1.85. The molecule has 0 bridgehead atoms. The third kappa shape index (κ3) is 1.56. The number of aromatic carboxylic acids is 1. The first-order valence-corrected chi connectivity index (χ1v) is 4.95. The molecule has 1 aromatic heterocycles. The summed E-state index contributed by atoms with van der Waals surface area (Å²) in [7, 11) is 1.31. The molecular weight excluding hydrogens is 242 g/mol. The van der Waals surface area contributed by atoms with Crippen LogP contribution in [0.2, 0.25) is 0 Å². The summed E-state index contributed by atoms with van der Waals surface area (Å²) in [4.78, 5) is 21.4. The Morgan fingerprint density at radius 1 is 1.50 bits per heavy atom. The molecule has 94 valence electrons. The molecule has 0 spiro atoms. The quantitative estimate of drug-likeness (QED) is 0.663. The van der Waals surface area contributed by atoms with Crippen LogP contribution in [0.1, 0.15) is 16.1 Å². The second-order valence-electron chi connectivity index (χ2n) is 3.61. The van der Waals surface area contributed by atoms with Crippen molar-refractivity contribution in [1.82, 2.24) is 0 Å². The molecule has 1 heterocycles. The van der Waals surface area contributed by atoms with Crippen molar-refractivity contribution in [2.75, 3.05) is 7.11 Å². The van der Waals surface area contributed by atoms with Crippen LogP contribution >= 0.6 is 0 Å². The average Bonchev–Trinajstić information content (AvgIpc) is 2.65. The molecule has 2 aromatic rings. The average molecular weight is 251 g/mol. The van der Waals surface area contributed by atoms with Crippen LogP contribution < -0.4 is 4.74 Å². The Morgan fingerprint density at radius 2 is 2.17 bits per heavy atom. The highest BCUT2D eigenvalue weighted by Gasteiger charge is 2.27. The molecule has 0 fully saturated rings. The summed E-state index contributed by atoms with van der Waals surface area (Å²) in [6, 6.07) is 2.82. The Labute approximate surface area is 101 Å². The van der Waals surface area contributed by atoms with Gasteiger partial charge in [0.1, 0.15) is 11.0 Å². The molecule has 0 aliphatic heterocycles. The van der Waals surface area contributed by atoms with Crippen LogP contribution in [0, 0.1) is 17.0 Å². The molecule has 1 aromatic carbocycles. The summed E-state index contributed by atoms with van der Waals surface area (Å²) in [6.07, 6.45) is 0. The van der Waals surface area contributed by atoms with E-state index in [1.807, 2.05) is 0 Å². The number of nitro groups is 1. The molecule has 0 atom stereocenters. The number of carbonyl (C=O) groups is 1. The van der Waals surface area contributed by atoms with E-state index in [0.717, 1.165) is 0 Å². The van der Waals surface area contributed by atoms with Crippen molar-refractivity contribution < 1.29 is 24.0 Å². The van der Waals surface area contributed by atoms with Crippen LogP contribution in [0.25, 0.3) is 11.0 Å². The SMILES string of the molecule is COc1ccc2oc(C(=O)O)c(C)c2c1[N+](=O)[O-]. The van der Waals surface area contributed by atoms with Crippen LogP contribution in [-0.4, -0.2) is 23.1 Å². The van der Waals surface area contributed by atoms with E-state index < -0.39 is 10.9 Å². The van der Waals surface area contributed by atoms with Crippen LogP contribution in [0.3, 0.4) is 0 Å². The number of rotatable bonds is 3. The summed E-state index contributed by atoms with van der Waals surface area (Å²) in [5.41, 5.74) is 0.0734. The molecule has 0 saturated carbocycles. The minimum atomic E-state index is -1.27. The van der Waals surface area contributed by atoms with Gasteiger partial charge in [-0.2, -0.15) is 0 Å². The number of benzene rings is 1. The lowest BCUT2D eigenvalue weighted by Gasteiger charge is -2.01. The number of carboxylic acids is 1. The minimum absolute atomic E-state index is 0.0633. The Balaban J connectivity index is 2.91. The van der Waals surface area contributed by atoms with E-state index in [1.165, 1.54) is 26.2 Å². The van der Waals surface area contributed by atoms with Crippen molar-refractivity contribution >= 4 is 22.6 Å². The lowest BCUT2D eigenvalue weighted by atomic mass is 10.1. The van der Waals surface area contributed by atoms with E-state index in [2.05, 4.69) is 0 Å². The van der Waals surface area contributed by atoms with Crippen molar-refractivity contribution in [2.24, 2.45) is 0 Å². The van der Waals surface area contributed by atoms with E-state index in [1.54, 1.807) is 0 Å². The summed E-state index contributed by atoms with van der Waals surface area (Å²) < 4.78 is 10.00. The highest BCUT2D eigenvalue weighted by atomic mass is 16.6. The number of fused-ring (bicyclic) bond motifs is 1. The van der Waals surface area contributed by atoms with Gasteiger partial charge in [-0.25, -0.2) is 4.79 Å². The molecule has 0 radical (unpaired) electrons. The topological polar surface area (TPSA) is 103 Å². The van der Waals surface area contributed by atoms with Crippen LogP contribution in [0.15, 0.2) is 16.5 Å². The maximum Gasteiger partial charge on any atom is 0.372 e. The predicted molar refractivity (Wildman–Crippen MR) is 61.1 cm³/mol. The molecule has 2 rings (SSSR count). The van der Waals surface area contributed by atoms with Gasteiger partial charge in [-0.3, -0.25) is 10.1 Å². The molecular formula is C11H9NO6. The fraction of sp³-hybridized carbons (Fsp3) is 0.182. The summed E-state index contributed by atoms with van der Waals surface area (Å²) in [6.45, 7) is 1.46. The van der Waals surface area contributed by atoms with E-state index in [9.17, 15) is 14.9 Å². The largest absolute Gasteiger partial charge is 0.490 e. The normalized spacial score (nSPS) is 10.6. The highest BCUT2D eigenvalue weighted by Crippen LogP contribution is 2.39. The molecule has 0 aliphatic carbocycles. The monoisotopic (exact) mass is 251 g/mol. The van der Waals surface area contributed by atoms with E-state index in [0.29, 0.717) is 0 Å². The highest BCUT2D eigenvalue weighted by molar-refractivity contribution is 6.00. The Hall–Kier alpha value is -2.57. The Bertz CT molecular complexity index is 657. The van der Waals surface area contributed by atoms with Crippen LogP contribution in [-0.2, 0) is 0 Å². The molecule has 18 heavy (non-hydrogen) atoms. The van der Waals surface area contributed by atoms with Crippen molar-refractivity contribution in [1.29, 1.82) is 0 Å². The van der Waals surface area contributed by atoms with E-state index in [4.69, 9.17) is 14.3 Å². The molecule has 0 aliphatic rings.